The fraction of sp³-hybridized carbons (Fsp3) is 0.444. The SMILES string of the molecule is COc1ccc(C2=CCCC=C2)cc1C(C)(C)CC(O)(CC1=CC2C=CN=CC2N1)C(F)(F)F. The summed E-state index contributed by atoms with van der Waals surface area (Å²) < 4.78 is 48.5. The highest BCUT2D eigenvalue weighted by atomic mass is 19.4. The molecule has 2 N–H and O–H groups in total. The Morgan fingerprint density at radius 2 is 2.00 bits per heavy atom. The van der Waals surface area contributed by atoms with Crippen LogP contribution in [0.3, 0.4) is 0 Å². The van der Waals surface area contributed by atoms with Crippen LogP contribution in [0, 0.1) is 5.92 Å². The van der Waals surface area contributed by atoms with Gasteiger partial charge < -0.3 is 15.2 Å². The minimum Gasteiger partial charge on any atom is -0.496 e. The normalized spacial score (nSPS) is 23.6. The molecule has 0 bridgehead atoms. The lowest BCUT2D eigenvalue weighted by molar-refractivity contribution is -0.266. The Balaban J connectivity index is 1.65. The first-order valence-corrected chi connectivity index (χ1v) is 11.5. The number of halogens is 3. The van der Waals surface area contributed by atoms with Gasteiger partial charge in [-0.2, -0.15) is 13.2 Å². The first-order chi connectivity index (χ1) is 16.0. The minimum absolute atomic E-state index is 0.0633. The van der Waals surface area contributed by atoms with E-state index in [1.54, 1.807) is 38.4 Å². The Labute approximate surface area is 198 Å². The molecule has 4 nitrogen and oxygen atoms in total. The highest BCUT2D eigenvalue weighted by Crippen LogP contribution is 2.47. The van der Waals surface area contributed by atoms with E-state index in [1.807, 2.05) is 24.3 Å². The monoisotopic (exact) mass is 472 g/mol. The van der Waals surface area contributed by atoms with Gasteiger partial charge in [-0.15, -0.1) is 0 Å². The fourth-order valence-electron chi connectivity index (χ4n) is 5.06. The van der Waals surface area contributed by atoms with Crippen molar-refractivity contribution in [3.05, 3.63) is 71.6 Å². The number of rotatable bonds is 7. The number of hydrogen-bond donors (Lipinski definition) is 2. The molecule has 4 rings (SSSR count). The number of ether oxygens (including phenoxy) is 1. The van der Waals surface area contributed by atoms with Gasteiger partial charge in [-0.25, -0.2) is 0 Å². The van der Waals surface area contributed by atoms with Gasteiger partial charge in [0.05, 0.1) is 13.2 Å². The van der Waals surface area contributed by atoms with Crippen molar-refractivity contribution in [2.24, 2.45) is 10.9 Å². The van der Waals surface area contributed by atoms with Crippen LogP contribution >= 0.6 is 0 Å². The van der Waals surface area contributed by atoms with Crippen LogP contribution < -0.4 is 10.1 Å². The molecule has 2 aliphatic heterocycles. The van der Waals surface area contributed by atoms with Gasteiger partial charge in [0, 0.05) is 36.0 Å². The number of fused-ring (bicyclic) bond motifs is 1. The van der Waals surface area contributed by atoms with Crippen molar-refractivity contribution < 1.29 is 23.0 Å². The molecule has 7 heteroatoms. The lowest BCUT2D eigenvalue weighted by atomic mass is 9.72. The van der Waals surface area contributed by atoms with E-state index in [-0.39, 0.29) is 12.0 Å². The second-order valence-electron chi connectivity index (χ2n) is 9.90. The van der Waals surface area contributed by atoms with Gasteiger partial charge in [0.15, 0.2) is 5.60 Å². The third-order valence-electron chi connectivity index (χ3n) is 6.80. The minimum atomic E-state index is -4.82. The van der Waals surface area contributed by atoms with Crippen molar-refractivity contribution in [1.29, 1.82) is 0 Å². The zero-order chi connectivity index (χ0) is 24.6. The van der Waals surface area contributed by atoms with Gasteiger partial charge in [0.1, 0.15) is 5.75 Å². The summed E-state index contributed by atoms with van der Waals surface area (Å²) in [7, 11) is 1.51. The molecule has 2 heterocycles. The van der Waals surface area contributed by atoms with Crippen LogP contribution in [0.15, 0.2) is 65.5 Å². The third-order valence-corrected chi connectivity index (χ3v) is 6.80. The fourth-order valence-corrected chi connectivity index (χ4v) is 5.06. The Kier molecular flexibility index (Phi) is 6.51. The maximum Gasteiger partial charge on any atom is 0.417 e. The van der Waals surface area contributed by atoms with Crippen LogP contribution in [0.25, 0.3) is 5.57 Å². The zero-order valence-electron chi connectivity index (χ0n) is 19.7. The molecule has 3 aliphatic rings. The average Bonchev–Trinajstić information content (AvgIpc) is 3.20. The van der Waals surface area contributed by atoms with Crippen molar-refractivity contribution in [1.82, 2.24) is 5.32 Å². The zero-order valence-corrected chi connectivity index (χ0v) is 19.7. The molecule has 3 atom stereocenters. The summed E-state index contributed by atoms with van der Waals surface area (Å²) in [6.07, 6.45) is 9.16. The molecule has 0 saturated heterocycles. The molecule has 0 radical (unpaired) electrons. The van der Waals surface area contributed by atoms with Crippen molar-refractivity contribution >= 4 is 11.8 Å². The van der Waals surface area contributed by atoms with Gasteiger partial charge in [0.2, 0.25) is 0 Å². The smallest absolute Gasteiger partial charge is 0.417 e. The molecule has 0 fully saturated rings. The molecular formula is C27H31F3N2O2. The van der Waals surface area contributed by atoms with Crippen LogP contribution in [0.4, 0.5) is 13.2 Å². The van der Waals surface area contributed by atoms with Crippen molar-refractivity contribution in [2.45, 2.75) is 62.8 Å². The molecule has 182 valence electrons. The van der Waals surface area contributed by atoms with E-state index in [0.717, 1.165) is 24.0 Å². The summed E-state index contributed by atoms with van der Waals surface area (Å²) >= 11 is 0. The van der Waals surface area contributed by atoms with Crippen LogP contribution in [-0.4, -0.2) is 36.3 Å². The second-order valence-corrected chi connectivity index (χ2v) is 9.90. The van der Waals surface area contributed by atoms with Gasteiger partial charge in [-0.05, 0) is 47.9 Å². The van der Waals surface area contributed by atoms with Gasteiger partial charge in [-0.3, -0.25) is 4.99 Å². The van der Waals surface area contributed by atoms with Crippen LogP contribution in [0.1, 0.15) is 50.7 Å². The average molecular weight is 473 g/mol. The van der Waals surface area contributed by atoms with E-state index in [2.05, 4.69) is 22.5 Å². The summed E-state index contributed by atoms with van der Waals surface area (Å²) in [6, 6.07) is 5.42. The van der Waals surface area contributed by atoms with E-state index >= 15 is 0 Å². The lowest BCUT2D eigenvalue weighted by Crippen LogP contribution is -2.50. The number of benzene rings is 1. The quantitative estimate of drug-likeness (QED) is 0.524. The van der Waals surface area contributed by atoms with Crippen LogP contribution in [0.2, 0.25) is 0 Å². The van der Waals surface area contributed by atoms with Crippen molar-refractivity contribution in [2.75, 3.05) is 7.11 Å². The van der Waals surface area contributed by atoms with Crippen LogP contribution in [0.5, 0.6) is 5.75 Å². The van der Waals surface area contributed by atoms with E-state index in [0.29, 0.717) is 17.0 Å². The van der Waals surface area contributed by atoms with E-state index < -0.39 is 30.0 Å². The van der Waals surface area contributed by atoms with Gasteiger partial charge in [0.25, 0.3) is 0 Å². The molecule has 1 aromatic rings. The summed E-state index contributed by atoms with van der Waals surface area (Å²) in [4.78, 5) is 4.06. The number of aliphatic hydroxyl groups is 1. The Morgan fingerprint density at radius 3 is 2.65 bits per heavy atom. The van der Waals surface area contributed by atoms with Gasteiger partial charge >= 0.3 is 6.18 Å². The van der Waals surface area contributed by atoms with E-state index in [4.69, 9.17) is 4.74 Å². The molecular weight excluding hydrogens is 441 g/mol. The number of methoxy groups -OCH3 is 1. The molecule has 0 amide bonds. The first kappa shape index (κ1) is 24.3. The largest absolute Gasteiger partial charge is 0.496 e. The maximum atomic E-state index is 14.3. The van der Waals surface area contributed by atoms with Crippen molar-refractivity contribution in [3.8, 4) is 5.75 Å². The lowest BCUT2D eigenvalue weighted by Gasteiger charge is -2.39. The predicted octanol–water partition coefficient (Wildman–Crippen LogP) is 5.85. The summed E-state index contributed by atoms with van der Waals surface area (Å²) in [6.45, 7) is 3.45. The molecule has 34 heavy (non-hydrogen) atoms. The molecule has 0 saturated carbocycles. The Bertz CT molecular complexity index is 1080. The highest BCUT2D eigenvalue weighted by Gasteiger charge is 2.56. The van der Waals surface area contributed by atoms with E-state index in [9.17, 15) is 18.3 Å². The Hall–Kier alpha value is -2.80. The summed E-state index contributed by atoms with van der Waals surface area (Å²) in [5.74, 6) is 0.441. The number of nitrogens with zero attached hydrogens (tertiary/aromatic N) is 1. The van der Waals surface area contributed by atoms with Crippen molar-refractivity contribution in [3.63, 3.8) is 0 Å². The second kappa shape index (κ2) is 9.10. The number of aliphatic imine (C=N–C) groups is 1. The standard InChI is InChI=1S/C27H31F3N2O2/c1-25(2,22-14-19(9-10-24(22)34-3)18-7-5-4-6-8-18)17-26(33,27(28,29)30)15-21-13-20-11-12-31-16-23(20)32-21/h5,7-14,16,20,23,32-33H,4,6,15,17H2,1-3H3. The highest BCUT2D eigenvalue weighted by molar-refractivity contribution is 5.76. The maximum absolute atomic E-state index is 14.3. The number of allylic oxidation sites excluding steroid dienone is 4. The predicted molar refractivity (Wildman–Crippen MR) is 129 cm³/mol. The molecule has 3 unspecified atom stereocenters. The van der Waals surface area contributed by atoms with E-state index in [1.165, 1.54) is 7.11 Å². The topological polar surface area (TPSA) is 53.9 Å². The number of nitrogens with one attached hydrogen (secondary N) is 1. The first-order valence-electron chi connectivity index (χ1n) is 11.5. The molecule has 0 aromatic heterocycles. The van der Waals surface area contributed by atoms with Crippen LogP contribution in [-0.2, 0) is 5.41 Å². The molecule has 1 aromatic carbocycles. The summed E-state index contributed by atoms with van der Waals surface area (Å²) in [5.41, 5.74) is -0.985. The molecule has 0 spiro atoms. The Morgan fingerprint density at radius 1 is 1.21 bits per heavy atom. The van der Waals surface area contributed by atoms with Gasteiger partial charge in [-0.1, -0.05) is 50.3 Å². The summed E-state index contributed by atoms with van der Waals surface area (Å²) in [5, 5.41) is 14.2. The number of hydrogen-bond acceptors (Lipinski definition) is 4. The molecule has 1 aliphatic carbocycles. The third kappa shape index (κ3) is 4.85. The number of alkyl halides is 3.